The van der Waals surface area contributed by atoms with Crippen molar-refractivity contribution >= 4 is 29.4 Å². The third-order valence-electron chi connectivity index (χ3n) is 4.49. The Balaban J connectivity index is 1.81. The van der Waals surface area contributed by atoms with Gasteiger partial charge in [-0.1, -0.05) is 44.2 Å². The molecule has 0 bridgehead atoms. The molecule has 1 saturated heterocycles. The number of ether oxygens (including phenoxy) is 2. The molecule has 1 aliphatic rings. The average molecular weight is 415 g/mol. The van der Waals surface area contributed by atoms with Gasteiger partial charge in [-0.25, -0.2) is 9.59 Å². The molecule has 2 amide bonds. The number of hydrogen-bond donors (Lipinski definition) is 1. The molecule has 2 aromatic carbocycles. The molecule has 1 N–H and O–H groups in total. The molecule has 0 spiro atoms. The van der Waals surface area contributed by atoms with Gasteiger partial charge in [-0.2, -0.15) is 0 Å². The largest absolute Gasteiger partial charge is 0.497 e. The Labute approximate surface area is 175 Å². The number of rotatable bonds is 6. The van der Waals surface area contributed by atoms with E-state index in [1.807, 2.05) is 44.2 Å². The minimum absolute atomic E-state index is 0.236. The summed E-state index contributed by atoms with van der Waals surface area (Å²) in [5, 5.41) is 2.64. The van der Waals surface area contributed by atoms with Crippen molar-refractivity contribution in [2.75, 3.05) is 24.8 Å². The Bertz CT molecular complexity index is 826. The van der Waals surface area contributed by atoms with E-state index in [1.54, 1.807) is 48.0 Å². The molecule has 6 nitrogen and oxygen atoms in total. The fraction of sp³-hybridized carbons (Fsp3) is 0.364. The summed E-state index contributed by atoms with van der Waals surface area (Å²) < 4.78 is 10.6. The zero-order valence-electron chi connectivity index (χ0n) is 16.8. The number of hydrogen-bond acceptors (Lipinski definition) is 5. The van der Waals surface area contributed by atoms with E-state index in [4.69, 9.17) is 9.47 Å². The van der Waals surface area contributed by atoms with E-state index >= 15 is 0 Å². The van der Waals surface area contributed by atoms with Crippen LogP contribution in [0.2, 0.25) is 0 Å². The van der Waals surface area contributed by atoms with Crippen LogP contribution < -0.4 is 10.1 Å². The highest BCUT2D eigenvalue weighted by Crippen LogP contribution is 2.42. The van der Waals surface area contributed by atoms with Crippen LogP contribution in [0.1, 0.15) is 24.8 Å². The van der Waals surface area contributed by atoms with Gasteiger partial charge in [0.15, 0.2) is 0 Å². The molecule has 0 aliphatic carbocycles. The summed E-state index contributed by atoms with van der Waals surface area (Å²) in [6.45, 7) is 4.30. The molecule has 7 heteroatoms. The summed E-state index contributed by atoms with van der Waals surface area (Å²) in [6.07, 6.45) is 0. The zero-order valence-corrected chi connectivity index (χ0v) is 17.6. The van der Waals surface area contributed by atoms with E-state index in [1.165, 1.54) is 0 Å². The van der Waals surface area contributed by atoms with E-state index in [0.29, 0.717) is 23.8 Å². The summed E-state index contributed by atoms with van der Waals surface area (Å²) >= 11 is 1.56. The Kier molecular flexibility index (Phi) is 7.04. The Hall–Kier alpha value is -2.67. The highest BCUT2D eigenvalue weighted by Gasteiger charge is 2.43. The summed E-state index contributed by atoms with van der Waals surface area (Å²) in [6, 6.07) is 15.8. The van der Waals surface area contributed by atoms with Gasteiger partial charge < -0.3 is 14.8 Å². The van der Waals surface area contributed by atoms with Crippen LogP contribution in [0.5, 0.6) is 5.75 Å². The van der Waals surface area contributed by atoms with Crippen LogP contribution in [-0.2, 0) is 9.53 Å². The first kappa shape index (κ1) is 21.0. The van der Waals surface area contributed by atoms with Gasteiger partial charge in [0.25, 0.3) is 0 Å². The monoisotopic (exact) mass is 414 g/mol. The second kappa shape index (κ2) is 9.69. The second-order valence-electron chi connectivity index (χ2n) is 7.20. The number of thioether (sulfide) groups is 1. The fourth-order valence-corrected chi connectivity index (χ4v) is 4.43. The van der Waals surface area contributed by atoms with Gasteiger partial charge in [0, 0.05) is 11.4 Å². The molecule has 0 saturated carbocycles. The number of benzene rings is 2. The maximum atomic E-state index is 13.2. The number of anilines is 1. The molecule has 1 heterocycles. The first-order valence-electron chi connectivity index (χ1n) is 9.56. The number of amides is 2. The van der Waals surface area contributed by atoms with Gasteiger partial charge in [0.1, 0.15) is 17.2 Å². The van der Waals surface area contributed by atoms with Crippen LogP contribution in [0.25, 0.3) is 0 Å². The minimum atomic E-state index is -0.637. The number of carbonyl (C=O) groups excluding carboxylic acids is 2. The molecule has 3 rings (SSSR count). The predicted octanol–water partition coefficient (Wildman–Crippen LogP) is 4.54. The predicted molar refractivity (Wildman–Crippen MR) is 115 cm³/mol. The maximum Gasteiger partial charge on any atom is 0.329 e. The first-order valence-corrected chi connectivity index (χ1v) is 10.6. The Morgan fingerprint density at radius 2 is 1.83 bits per heavy atom. The Morgan fingerprint density at radius 1 is 1.14 bits per heavy atom. The molecule has 1 fully saturated rings. The summed E-state index contributed by atoms with van der Waals surface area (Å²) in [5.41, 5.74) is 1.61. The highest BCUT2D eigenvalue weighted by atomic mass is 32.2. The molecule has 2 aromatic rings. The lowest BCUT2D eigenvalue weighted by atomic mass is 10.2. The maximum absolute atomic E-state index is 13.2. The van der Waals surface area contributed by atoms with Crippen LogP contribution in [0.3, 0.4) is 0 Å². The van der Waals surface area contributed by atoms with Crippen molar-refractivity contribution < 1.29 is 19.1 Å². The van der Waals surface area contributed by atoms with Gasteiger partial charge in [-0.3, -0.25) is 4.90 Å². The molecular formula is C22H26N2O4S. The molecule has 0 aromatic heterocycles. The van der Waals surface area contributed by atoms with Crippen molar-refractivity contribution in [3.05, 3.63) is 60.2 Å². The second-order valence-corrected chi connectivity index (χ2v) is 8.32. The lowest BCUT2D eigenvalue weighted by Gasteiger charge is -2.29. The minimum Gasteiger partial charge on any atom is -0.497 e. The topological polar surface area (TPSA) is 67.9 Å². The average Bonchev–Trinajstić information content (AvgIpc) is 3.18. The van der Waals surface area contributed by atoms with Crippen LogP contribution in [0.15, 0.2) is 54.6 Å². The van der Waals surface area contributed by atoms with Gasteiger partial charge in [0.05, 0.1) is 13.7 Å². The third-order valence-corrected chi connectivity index (χ3v) is 5.82. The van der Waals surface area contributed by atoms with Gasteiger partial charge in [0.2, 0.25) is 0 Å². The van der Waals surface area contributed by atoms with E-state index in [0.717, 1.165) is 5.56 Å². The number of urea groups is 1. The summed E-state index contributed by atoms with van der Waals surface area (Å²) in [5.74, 6) is 1.07. The molecule has 0 radical (unpaired) electrons. The van der Waals surface area contributed by atoms with Gasteiger partial charge in [-0.05, 0) is 35.7 Å². The van der Waals surface area contributed by atoms with Gasteiger partial charge in [-0.15, -0.1) is 11.8 Å². The molecule has 2 atom stereocenters. The standard InChI is InChI=1S/C22H26N2O4S/c1-15(2)13-28-21(25)19-14-29-20(16-7-5-4-6-8-16)24(19)22(26)23-17-9-11-18(27-3)12-10-17/h4-12,15,19-20H,13-14H2,1-3H3,(H,23,26)/t19-,20+/m0/s1. The van der Waals surface area contributed by atoms with Crippen LogP contribution in [-0.4, -0.2) is 42.4 Å². The number of esters is 1. The van der Waals surface area contributed by atoms with Crippen LogP contribution >= 0.6 is 11.8 Å². The molecule has 29 heavy (non-hydrogen) atoms. The van der Waals surface area contributed by atoms with E-state index < -0.39 is 6.04 Å². The fourth-order valence-electron chi connectivity index (χ4n) is 3.02. The quantitative estimate of drug-likeness (QED) is 0.703. The summed E-state index contributed by atoms with van der Waals surface area (Å²) in [4.78, 5) is 27.5. The van der Waals surface area contributed by atoms with Crippen LogP contribution in [0, 0.1) is 5.92 Å². The molecule has 154 valence electrons. The number of carbonyl (C=O) groups is 2. The number of methoxy groups -OCH3 is 1. The lowest BCUT2D eigenvalue weighted by Crippen LogP contribution is -2.46. The SMILES string of the molecule is COc1ccc(NC(=O)N2[C@@H](c3ccccc3)SC[C@H]2C(=O)OCC(C)C)cc1. The van der Waals surface area contributed by atoms with Crippen molar-refractivity contribution in [3.63, 3.8) is 0 Å². The highest BCUT2D eigenvalue weighted by molar-refractivity contribution is 7.99. The molecular weight excluding hydrogens is 388 g/mol. The normalized spacial score (nSPS) is 18.6. The van der Waals surface area contributed by atoms with Crippen molar-refractivity contribution in [1.82, 2.24) is 4.90 Å². The van der Waals surface area contributed by atoms with E-state index in [9.17, 15) is 9.59 Å². The first-order chi connectivity index (χ1) is 14.0. The Morgan fingerprint density at radius 3 is 2.45 bits per heavy atom. The zero-order chi connectivity index (χ0) is 20.8. The molecule has 0 unspecified atom stereocenters. The summed E-state index contributed by atoms with van der Waals surface area (Å²) in [7, 11) is 1.59. The van der Waals surface area contributed by atoms with Crippen molar-refractivity contribution in [1.29, 1.82) is 0 Å². The number of nitrogens with one attached hydrogen (secondary N) is 1. The molecule has 1 aliphatic heterocycles. The van der Waals surface area contributed by atoms with E-state index in [-0.39, 0.29) is 23.3 Å². The van der Waals surface area contributed by atoms with E-state index in [2.05, 4.69) is 5.32 Å². The van der Waals surface area contributed by atoms with Gasteiger partial charge >= 0.3 is 12.0 Å². The third kappa shape index (κ3) is 5.23. The van der Waals surface area contributed by atoms with Crippen LogP contribution in [0.4, 0.5) is 10.5 Å². The van der Waals surface area contributed by atoms with Crippen molar-refractivity contribution in [2.24, 2.45) is 5.92 Å². The van der Waals surface area contributed by atoms with Crippen molar-refractivity contribution in [2.45, 2.75) is 25.3 Å². The lowest BCUT2D eigenvalue weighted by molar-refractivity contribution is -0.149. The smallest absolute Gasteiger partial charge is 0.329 e. The number of nitrogens with zero attached hydrogens (tertiary/aromatic N) is 1. The van der Waals surface area contributed by atoms with Crippen molar-refractivity contribution in [3.8, 4) is 5.75 Å².